The van der Waals surface area contributed by atoms with Crippen LogP contribution in [-0.2, 0) is 0 Å². The van der Waals surface area contributed by atoms with Crippen LogP contribution in [0.4, 0.5) is 5.69 Å². The molecule has 20 heavy (non-hydrogen) atoms. The van der Waals surface area contributed by atoms with Crippen LogP contribution in [0.15, 0.2) is 42.5 Å². The normalized spacial score (nSPS) is 14.6. The molecule has 0 atom stereocenters. The third-order valence-electron chi connectivity index (χ3n) is 4.02. The molecule has 0 aromatic heterocycles. The third kappa shape index (κ3) is 2.79. The highest BCUT2D eigenvalue weighted by atomic mass is 16.5. The van der Waals surface area contributed by atoms with Gasteiger partial charge in [0.25, 0.3) is 0 Å². The number of aryl methyl sites for hydroxylation is 2. The molecule has 0 amide bonds. The summed E-state index contributed by atoms with van der Waals surface area (Å²) in [7, 11) is 0. The van der Waals surface area contributed by atoms with Crippen LogP contribution in [0.5, 0.6) is 11.5 Å². The van der Waals surface area contributed by atoms with Gasteiger partial charge >= 0.3 is 0 Å². The molecule has 1 fully saturated rings. The van der Waals surface area contributed by atoms with E-state index in [0.29, 0.717) is 0 Å². The van der Waals surface area contributed by atoms with Gasteiger partial charge in [-0.2, -0.15) is 0 Å². The van der Waals surface area contributed by atoms with E-state index in [2.05, 4.69) is 55.1 Å². The van der Waals surface area contributed by atoms with Gasteiger partial charge in [-0.25, -0.2) is 0 Å². The second-order valence-electron chi connectivity index (χ2n) is 5.54. The van der Waals surface area contributed by atoms with E-state index in [-0.39, 0.29) is 0 Å². The standard InChI is InChI=1S/C18H21NO/c1-14-5-8-18(13-15(14)2)20-17-9-6-16(7-10-17)19-11-3-4-12-19/h5-10,13H,3-4,11-12H2,1-2H3. The van der Waals surface area contributed by atoms with Crippen molar-refractivity contribution in [2.45, 2.75) is 26.7 Å². The molecule has 0 spiro atoms. The van der Waals surface area contributed by atoms with Crippen LogP contribution >= 0.6 is 0 Å². The van der Waals surface area contributed by atoms with Gasteiger partial charge in [0.15, 0.2) is 0 Å². The molecule has 0 saturated carbocycles. The summed E-state index contributed by atoms with van der Waals surface area (Å²) in [5.41, 5.74) is 3.85. The fourth-order valence-electron chi connectivity index (χ4n) is 2.61. The van der Waals surface area contributed by atoms with Gasteiger partial charge in [0.1, 0.15) is 11.5 Å². The number of hydrogen-bond acceptors (Lipinski definition) is 2. The summed E-state index contributed by atoms with van der Waals surface area (Å²) in [6, 6.07) is 14.6. The van der Waals surface area contributed by atoms with Gasteiger partial charge in [0, 0.05) is 18.8 Å². The smallest absolute Gasteiger partial charge is 0.127 e. The van der Waals surface area contributed by atoms with Gasteiger partial charge in [-0.15, -0.1) is 0 Å². The minimum Gasteiger partial charge on any atom is -0.457 e. The summed E-state index contributed by atoms with van der Waals surface area (Å²) in [6.45, 7) is 6.58. The maximum Gasteiger partial charge on any atom is 0.127 e. The monoisotopic (exact) mass is 267 g/mol. The summed E-state index contributed by atoms with van der Waals surface area (Å²) in [4.78, 5) is 2.43. The lowest BCUT2D eigenvalue weighted by molar-refractivity contribution is 0.482. The molecule has 2 aromatic rings. The van der Waals surface area contributed by atoms with E-state index in [4.69, 9.17) is 4.74 Å². The number of hydrogen-bond donors (Lipinski definition) is 0. The Hall–Kier alpha value is -1.96. The summed E-state index contributed by atoms with van der Waals surface area (Å²) < 4.78 is 5.91. The number of ether oxygens (including phenoxy) is 1. The molecule has 104 valence electrons. The van der Waals surface area contributed by atoms with E-state index in [0.717, 1.165) is 11.5 Å². The number of rotatable bonds is 3. The highest BCUT2D eigenvalue weighted by Gasteiger charge is 2.11. The lowest BCUT2D eigenvalue weighted by Gasteiger charge is -2.17. The van der Waals surface area contributed by atoms with E-state index >= 15 is 0 Å². The topological polar surface area (TPSA) is 12.5 Å². The molecule has 0 radical (unpaired) electrons. The lowest BCUT2D eigenvalue weighted by atomic mass is 10.1. The SMILES string of the molecule is Cc1ccc(Oc2ccc(N3CCCC3)cc2)cc1C. The van der Waals surface area contributed by atoms with Gasteiger partial charge in [0.2, 0.25) is 0 Å². The summed E-state index contributed by atoms with van der Waals surface area (Å²) in [5.74, 6) is 1.80. The average molecular weight is 267 g/mol. The third-order valence-corrected chi connectivity index (χ3v) is 4.02. The molecule has 2 aromatic carbocycles. The molecule has 1 heterocycles. The summed E-state index contributed by atoms with van der Waals surface area (Å²) in [6.07, 6.45) is 2.61. The van der Waals surface area contributed by atoms with Crippen LogP contribution in [0.2, 0.25) is 0 Å². The zero-order chi connectivity index (χ0) is 13.9. The van der Waals surface area contributed by atoms with Crippen LogP contribution in [0, 0.1) is 13.8 Å². The minimum absolute atomic E-state index is 0.899. The molecule has 2 nitrogen and oxygen atoms in total. The van der Waals surface area contributed by atoms with Crippen LogP contribution in [0.1, 0.15) is 24.0 Å². The Labute approximate surface area is 121 Å². The van der Waals surface area contributed by atoms with Gasteiger partial charge in [-0.05, 0) is 74.2 Å². The highest BCUT2D eigenvalue weighted by Crippen LogP contribution is 2.27. The predicted octanol–water partition coefficient (Wildman–Crippen LogP) is 4.70. The van der Waals surface area contributed by atoms with Crippen LogP contribution in [0.3, 0.4) is 0 Å². The van der Waals surface area contributed by atoms with E-state index in [1.165, 1.54) is 42.7 Å². The van der Waals surface area contributed by atoms with Crippen molar-refractivity contribution in [2.24, 2.45) is 0 Å². The number of anilines is 1. The minimum atomic E-state index is 0.899. The summed E-state index contributed by atoms with van der Waals surface area (Å²) in [5, 5.41) is 0. The van der Waals surface area contributed by atoms with Crippen molar-refractivity contribution >= 4 is 5.69 Å². The highest BCUT2D eigenvalue weighted by molar-refractivity contribution is 5.50. The van der Waals surface area contributed by atoms with Crippen LogP contribution < -0.4 is 9.64 Å². The largest absolute Gasteiger partial charge is 0.457 e. The molecule has 1 aliphatic rings. The molecule has 1 saturated heterocycles. The molecule has 0 unspecified atom stereocenters. The van der Waals surface area contributed by atoms with Crippen LogP contribution in [0.25, 0.3) is 0 Å². The molecular weight excluding hydrogens is 246 g/mol. The Balaban J connectivity index is 1.72. The lowest BCUT2D eigenvalue weighted by Crippen LogP contribution is -2.17. The van der Waals surface area contributed by atoms with E-state index in [1.54, 1.807) is 0 Å². The van der Waals surface area contributed by atoms with Crippen molar-refractivity contribution in [3.63, 3.8) is 0 Å². The number of benzene rings is 2. The molecular formula is C18H21NO. The zero-order valence-corrected chi connectivity index (χ0v) is 12.2. The predicted molar refractivity (Wildman–Crippen MR) is 83.9 cm³/mol. The van der Waals surface area contributed by atoms with Crippen molar-refractivity contribution < 1.29 is 4.74 Å². The van der Waals surface area contributed by atoms with Crippen molar-refractivity contribution in [2.75, 3.05) is 18.0 Å². The van der Waals surface area contributed by atoms with Crippen molar-refractivity contribution in [1.82, 2.24) is 0 Å². The molecule has 1 aliphatic heterocycles. The van der Waals surface area contributed by atoms with Gasteiger partial charge in [-0.3, -0.25) is 0 Å². The maximum absolute atomic E-state index is 5.91. The maximum atomic E-state index is 5.91. The molecule has 0 bridgehead atoms. The van der Waals surface area contributed by atoms with Crippen molar-refractivity contribution in [1.29, 1.82) is 0 Å². The molecule has 0 N–H and O–H groups in total. The fraction of sp³-hybridized carbons (Fsp3) is 0.333. The first-order valence-corrected chi connectivity index (χ1v) is 7.32. The first-order valence-electron chi connectivity index (χ1n) is 7.32. The fourth-order valence-corrected chi connectivity index (χ4v) is 2.61. The Morgan fingerprint density at radius 1 is 0.800 bits per heavy atom. The zero-order valence-electron chi connectivity index (χ0n) is 12.2. The van der Waals surface area contributed by atoms with Gasteiger partial charge in [-0.1, -0.05) is 6.07 Å². The second-order valence-corrected chi connectivity index (χ2v) is 5.54. The molecule has 0 aliphatic carbocycles. The summed E-state index contributed by atoms with van der Waals surface area (Å²) >= 11 is 0. The Morgan fingerprint density at radius 3 is 2.10 bits per heavy atom. The van der Waals surface area contributed by atoms with E-state index < -0.39 is 0 Å². The van der Waals surface area contributed by atoms with Gasteiger partial charge < -0.3 is 9.64 Å². The van der Waals surface area contributed by atoms with E-state index in [9.17, 15) is 0 Å². The van der Waals surface area contributed by atoms with Crippen molar-refractivity contribution in [3.8, 4) is 11.5 Å². The van der Waals surface area contributed by atoms with Gasteiger partial charge in [0.05, 0.1) is 0 Å². The molecule has 2 heteroatoms. The number of nitrogens with zero attached hydrogens (tertiary/aromatic N) is 1. The Morgan fingerprint density at radius 2 is 1.45 bits per heavy atom. The first kappa shape index (κ1) is 13.0. The Kier molecular flexibility index (Phi) is 3.64. The Bertz CT molecular complexity index is 583. The van der Waals surface area contributed by atoms with Crippen LogP contribution in [-0.4, -0.2) is 13.1 Å². The second kappa shape index (κ2) is 5.58. The van der Waals surface area contributed by atoms with Crippen molar-refractivity contribution in [3.05, 3.63) is 53.6 Å². The van der Waals surface area contributed by atoms with E-state index in [1.807, 2.05) is 6.07 Å². The first-order chi connectivity index (χ1) is 9.72. The quantitative estimate of drug-likeness (QED) is 0.799. The molecule has 3 rings (SSSR count). The average Bonchev–Trinajstić information content (AvgIpc) is 2.98.